The highest BCUT2D eigenvalue weighted by Crippen LogP contribution is 2.25. The second kappa shape index (κ2) is 5.41. The molecule has 22 heavy (non-hydrogen) atoms. The first-order valence-corrected chi connectivity index (χ1v) is 8.09. The Labute approximate surface area is 130 Å². The zero-order valence-corrected chi connectivity index (χ0v) is 13.8. The fourth-order valence-electron chi connectivity index (χ4n) is 3.24. The van der Waals surface area contributed by atoms with Crippen LogP contribution in [0.3, 0.4) is 0 Å². The number of hydrogen-bond acceptors (Lipinski definition) is 4. The SMILES string of the molecule is CC1CCCC(Nc2nc3c(cnn3C(C)(C)C)c(=O)[nH]2)C1. The zero-order chi connectivity index (χ0) is 15.9. The van der Waals surface area contributed by atoms with Crippen molar-refractivity contribution in [2.24, 2.45) is 5.92 Å². The predicted octanol–water partition coefficient (Wildman–Crippen LogP) is 2.87. The Bertz CT molecular complexity index is 724. The summed E-state index contributed by atoms with van der Waals surface area (Å²) in [4.78, 5) is 19.7. The summed E-state index contributed by atoms with van der Waals surface area (Å²) in [6.45, 7) is 8.44. The summed E-state index contributed by atoms with van der Waals surface area (Å²) >= 11 is 0. The van der Waals surface area contributed by atoms with E-state index in [1.54, 1.807) is 6.20 Å². The smallest absolute Gasteiger partial charge is 0.263 e. The molecule has 2 atom stereocenters. The van der Waals surface area contributed by atoms with Gasteiger partial charge in [0.15, 0.2) is 5.65 Å². The second-order valence-electron chi connectivity index (χ2n) is 7.49. The van der Waals surface area contributed by atoms with Gasteiger partial charge in [-0.15, -0.1) is 0 Å². The van der Waals surface area contributed by atoms with Crippen molar-refractivity contribution in [2.75, 3.05) is 5.32 Å². The fourth-order valence-corrected chi connectivity index (χ4v) is 3.24. The maximum absolute atomic E-state index is 12.3. The summed E-state index contributed by atoms with van der Waals surface area (Å²) in [5.74, 6) is 1.28. The normalized spacial score (nSPS) is 22.9. The van der Waals surface area contributed by atoms with Crippen molar-refractivity contribution in [3.8, 4) is 0 Å². The van der Waals surface area contributed by atoms with E-state index in [0.29, 0.717) is 23.0 Å². The Morgan fingerprint density at radius 3 is 2.82 bits per heavy atom. The van der Waals surface area contributed by atoms with Gasteiger partial charge in [-0.2, -0.15) is 10.1 Å². The number of nitrogens with one attached hydrogen (secondary N) is 2. The highest BCUT2D eigenvalue weighted by atomic mass is 16.1. The molecule has 0 bridgehead atoms. The van der Waals surface area contributed by atoms with E-state index in [-0.39, 0.29) is 11.1 Å². The van der Waals surface area contributed by atoms with Gasteiger partial charge < -0.3 is 5.32 Å². The lowest BCUT2D eigenvalue weighted by Crippen LogP contribution is -2.29. The van der Waals surface area contributed by atoms with Crippen molar-refractivity contribution >= 4 is 17.0 Å². The number of fused-ring (bicyclic) bond motifs is 1. The Morgan fingerprint density at radius 2 is 2.14 bits per heavy atom. The summed E-state index contributed by atoms with van der Waals surface area (Å²) in [7, 11) is 0. The van der Waals surface area contributed by atoms with Gasteiger partial charge in [0, 0.05) is 6.04 Å². The van der Waals surface area contributed by atoms with Crippen LogP contribution in [0, 0.1) is 5.92 Å². The molecule has 1 saturated carbocycles. The van der Waals surface area contributed by atoms with Crippen LogP contribution in [0.1, 0.15) is 53.4 Å². The van der Waals surface area contributed by atoms with Gasteiger partial charge in [0.1, 0.15) is 5.39 Å². The summed E-state index contributed by atoms with van der Waals surface area (Å²) in [6.07, 6.45) is 6.37. The summed E-state index contributed by atoms with van der Waals surface area (Å²) in [5, 5.41) is 8.28. The van der Waals surface area contributed by atoms with E-state index in [1.807, 2.05) is 4.68 Å². The molecule has 0 saturated heterocycles. The lowest BCUT2D eigenvalue weighted by atomic mass is 9.87. The molecule has 2 aromatic heterocycles. The molecule has 0 aromatic carbocycles. The Balaban J connectivity index is 1.95. The minimum Gasteiger partial charge on any atom is -0.353 e. The molecular weight excluding hydrogens is 278 g/mol. The van der Waals surface area contributed by atoms with Crippen LogP contribution >= 0.6 is 0 Å². The molecule has 1 aliphatic rings. The summed E-state index contributed by atoms with van der Waals surface area (Å²) in [6, 6.07) is 0.385. The van der Waals surface area contributed by atoms with E-state index in [9.17, 15) is 4.79 Å². The van der Waals surface area contributed by atoms with Gasteiger partial charge in [-0.3, -0.25) is 9.78 Å². The van der Waals surface area contributed by atoms with E-state index in [0.717, 1.165) is 18.8 Å². The molecular formula is C16H25N5O. The lowest BCUT2D eigenvalue weighted by molar-refractivity contribution is 0.357. The molecule has 0 amide bonds. The molecule has 6 heteroatoms. The van der Waals surface area contributed by atoms with Gasteiger partial charge in [-0.1, -0.05) is 19.8 Å². The minimum absolute atomic E-state index is 0.133. The largest absolute Gasteiger partial charge is 0.353 e. The van der Waals surface area contributed by atoms with Crippen molar-refractivity contribution in [1.82, 2.24) is 19.7 Å². The van der Waals surface area contributed by atoms with Crippen LogP contribution in [0.4, 0.5) is 5.95 Å². The van der Waals surface area contributed by atoms with Gasteiger partial charge in [-0.05, 0) is 39.5 Å². The number of rotatable bonds is 2. The van der Waals surface area contributed by atoms with E-state index < -0.39 is 0 Å². The maximum atomic E-state index is 12.3. The van der Waals surface area contributed by atoms with Gasteiger partial charge in [-0.25, -0.2) is 4.68 Å². The van der Waals surface area contributed by atoms with Gasteiger partial charge in [0.2, 0.25) is 5.95 Å². The van der Waals surface area contributed by atoms with Crippen LogP contribution in [-0.2, 0) is 5.54 Å². The third kappa shape index (κ3) is 2.87. The van der Waals surface area contributed by atoms with Crippen LogP contribution in [0.5, 0.6) is 0 Å². The van der Waals surface area contributed by atoms with Crippen LogP contribution < -0.4 is 10.9 Å². The molecule has 0 aliphatic heterocycles. The fraction of sp³-hybridized carbons (Fsp3) is 0.688. The molecule has 0 spiro atoms. The van der Waals surface area contributed by atoms with Crippen LogP contribution in [0.2, 0.25) is 0 Å². The minimum atomic E-state index is -0.209. The quantitative estimate of drug-likeness (QED) is 0.894. The number of aromatic nitrogens is 4. The molecule has 3 rings (SSSR count). The molecule has 2 unspecified atom stereocenters. The van der Waals surface area contributed by atoms with Crippen molar-refractivity contribution in [2.45, 2.75) is 65.0 Å². The average Bonchev–Trinajstić information content (AvgIpc) is 2.82. The summed E-state index contributed by atoms with van der Waals surface area (Å²) in [5.41, 5.74) is 0.300. The van der Waals surface area contributed by atoms with E-state index >= 15 is 0 Å². The molecule has 2 N–H and O–H groups in total. The van der Waals surface area contributed by atoms with Gasteiger partial charge in [0.25, 0.3) is 5.56 Å². The molecule has 2 aromatic rings. The van der Waals surface area contributed by atoms with E-state index in [4.69, 9.17) is 0 Å². The van der Waals surface area contributed by atoms with E-state index in [1.165, 1.54) is 12.8 Å². The molecule has 0 radical (unpaired) electrons. The number of aromatic amines is 1. The molecule has 120 valence electrons. The number of anilines is 1. The predicted molar refractivity (Wildman–Crippen MR) is 88.2 cm³/mol. The number of H-pyrrole nitrogens is 1. The molecule has 2 heterocycles. The highest BCUT2D eigenvalue weighted by Gasteiger charge is 2.22. The van der Waals surface area contributed by atoms with Crippen LogP contribution in [-0.4, -0.2) is 25.8 Å². The maximum Gasteiger partial charge on any atom is 0.263 e. The first-order valence-electron chi connectivity index (χ1n) is 8.09. The molecule has 6 nitrogen and oxygen atoms in total. The zero-order valence-electron chi connectivity index (χ0n) is 13.8. The third-order valence-corrected chi connectivity index (χ3v) is 4.35. The summed E-state index contributed by atoms with van der Waals surface area (Å²) < 4.78 is 1.81. The molecule has 1 fully saturated rings. The van der Waals surface area contributed by atoms with Crippen molar-refractivity contribution in [3.63, 3.8) is 0 Å². The monoisotopic (exact) mass is 303 g/mol. The highest BCUT2D eigenvalue weighted by molar-refractivity contribution is 5.74. The van der Waals surface area contributed by atoms with E-state index in [2.05, 4.69) is 48.1 Å². The third-order valence-electron chi connectivity index (χ3n) is 4.35. The van der Waals surface area contributed by atoms with Crippen molar-refractivity contribution in [3.05, 3.63) is 16.6 Å². The standard InChI is InChI=1S/C16H25N5O/c1-10-6-5-7-11(8-10)18-15-19-13-12(14(22)20-15)9-17-21(13)16(2,3)4/h9-11H,5-8H2,1-4H3,(H2,18,19,20,22). The Morgan fingerprint density at radius 1 is 1.36 bits per heavy atom. The molecule has 1 aliphatic carbocycles. The van der Waals surface area contributed by atoms with Crippen molar-refractivity contribution < 1.29 is 0 Å². The van der Waals surface area contributed by atoms with Crippen LogP contribution in [0.25, 0.3) is 11.0 Å². The first kappa shape index (κ1) is 15.1. The van der Waals surface area contributed by atoms with Gasteiger partial charge >= 0.3 is 0 Å². The Hall–Kier alpha value is -1.85. The number of hydrogen-bond donors (Lipinski definition) is 2. The van der Waals surface area contributed by atoms with Gasteiger partial charge in [0.05, 0.1) is 11.7 Å². The topological polar surface area (TPSA) is 75.6 Å². The lowest BCUT2D eigenvalue weighted by Gasteiger charge is -2.27. The first-order chi connectivity index (χ1) is 10.3. The van der Waals surface area contributed by atoms with Crippen LogP contribution in [0.15, 0.2) is 11.0 Å². The average molecular weight is 303 g/mol. The van der Waals surface area contributed by atoms with Crippen molar-refractivity contribution in [1.29, 1.82) is 0 Å². The number of nitrogens with zero attached hydrogens (tertiary/aromatic N) is 3. The second-order valence-corrected chi connectivity index (χ2v) is 7.49. The Kier molecular flexibility index (Phi) is 3.70.